The highest BCUT2D eigenvalue weighted by Crippen LogP contribution is 2.33. The van der Waals surface area contributed by atoms with Crippen molar-refractivity contribution in [1.82, 2.24) is 9.62 Å². The maximum Gasteiger partial charge on any atom is 0.243 e. The largest absolute Gasteiger partial charge is 0.352 e. The summed E-state index contributed by atoms with van der Waals surface area (Å²) in [5.74, 6) is -0.109. The van der Waals surface area contributed by atoms with Gasteiger partial charge in [-0.15, -0.1) is 0 Å². The summed E-state index contributed by atoms with van der Waals surface area (Å²) in [6.07, 6.45) is 1.32. The first-order valence-electron chi connectivity index (χ1n) is 8.89. The second kappa shape index (κ2) is 8.12. The van der Waals surface area contributed by atoms with Crippen LogP contribution in [0.3, 0.4) is 0 Å². The van der Waals surface area contributed by atoms with Gasteiger partial charge in [-0.25, -0.2) is 8.42 Å². The molecule has 1 atom stereocenters. The second-order valence-corrected chi connectivity index (χ2v) is 9.98. The van der Waals surface area contributed by atoms with Crippen molar-refractivity contribution in [3.05, 3.63) is 64.6 Å². The Morgan fingerprint density at radius 3 is 2.48 bits per heavy atom. The van der Waals surface area contributed by atoms with Crippen LogP contribution in [0.2, 0.25) is 0 Å². The van der Waals surface area contributed by atoms with Gasteiger partial charge in [-0.1, -0.05) is 46.3 Å². The maximum atomic E-state index is 13.0. The number of hydrogen-bond acceptors (Lipinski definition) is 3. The zero-order valence-corrected chi connectivity index (χ0v) is 17.6. The molecule has 1 fully saturated rings. The quantitative estimate of drug-likeness (QED) is 0.756. The molecule has 1 N–H and O–H groups in total. The van der Waals surface area contributed by atoms with E-state index in [9.17, 15) is 13.2 Å². The van der Waals surface area contributed by atoms with Crippen LogP contribution in [0.4, 0.5) is 0 Å². The molecule has 2 aromatic rings. The minimum atomic E-state index is -3.62. The van der Waals surface area contributed by atoms with E-state index in [2.05, 4.69) is 21.2 Å². The van der Waals surface area contributed by atoms with E-state index in [4.69, 9.17) is 0 Å². The molecule has 0 radical (unpaired) electrons. The Hall–Kier alpha value is -1.70. The fourth-order valence-electron chi connectivity index (χ4n) is 3.33. The van der Waals surface area contributed by atoms with Gasteiger partial charge in [0, 0.05) is 24.1 Å². The normalized spacial score (nSPS) is 21.0. The third-order valence-corrected chi connectivity index (χ3v) is 7.34. The summed E-state index contributed by atoms with van der Waals surface area (Å²) in [5.41, 5.74) is 0.278. The molecule has 0 spiro atoms. The molecule has 7 heteroatoms. The van der Waals surface area contributed by atoms with E-state index in [1.807, 2.05) is 37.3 Å². The molecular formula is C20H23BrN2O3S. The van der Waals surface area contributed by atoms with Gasteiger partial charge in [0.15, 0.2) is 0 Å². The highest BCUT2D eigenvalue weighted by Gasteiger charge is 2.41. The monoisotopic (exact) mass is 450 g/mol. The van der Waals surface area contributed by atoms with E-state index in [0.29, 0.717) is 25.9 Å². The summed E-state index contributed by atoms with van der Waals surface area (Å²) >= 11 is 3.32. The summed E-state index contributed by atoms with van der Waals surface area (Å²) in [6.45, 7) is 2.90. The number of piperidine rings is 1. The number of carbonyl (C=O) groups excluding carboxylic acids is 1. The molecule has 1 saturated heterocycles. The summed E-state index contributed by atoms with van der Waals surface area (Å²) in [6, 6.07) is 16.3. The Morgan fingerprint density at radius 1 is 1.15 bits per heavy atom. The van der Waals surface area contributed by atoms with Crippen LogP contribution in [0.15, 0.2) is 64.0 Å². The van der Waals surface area contributed by atoms with Gasteiger partial charge in [-0.3, -0.25) is 4.79 Å². The van der Waals surface area contributed by atoms with Crippen molar-refractivity contribution in [3.63, 3.8) is 0 Å². The summed E-state index contributed by atoms with van der Waals surface area (Å²) in [4.78, 5) is 13.1. The molecule has 0 aromatic heterocycles. The first-order valence-corrected chi connectivity index (χ1v) is 11.1. The average molecular weight is 451 g/mol. The zero-order chi connectivity index (χ0) is 19.5. The summed E-state index contributed by atoms with van der Waals surface area (Å²) in [7, 11) is -3.62. The summed E-state index contributed by atoms with van der Waals surface area (Å²) in [5, 5.41) is 2.96. The molecule has 27 heavy (non-hydrogen) atoms. The first kappa shape index (κ1) is 20.0. The molecule has 0 bridgehead atoms. The van der Waals surface area contributed by atoms with Gasteiger partial charge >= 0.3 is 0 Å². The Morgan fingerprint density at radius 2 is 1.81 bits per heavy atom. The Kier molecular flexibility index (Phi) is 6.03. The average Bonchev–Trinajstić information content (AvgIpc) is 2.67. The Bertz CT molecular complexity index is 901. The molecule has 0 aliphatic carbocycles. The van der Waals surface area contributed by atoms with Crippen molar-refractivity contribution in [2.45, 2.75) is 31.2 Å². The van der Waals surface area contributed by atoms with Crippen LogP contribution in [0, 0.1) is 5.41 Å². The fourth-order valence-corrected chi connectivity index (χ4v) is 5.20. The lowest BCUT2D eigenvalue weighted by atomic mass is 9.82. The number of sulfonamides is 1. The molecule has 2 aromatic carbocycles. The number of rotatable bonds is 5. The van der Waals surface area contributed by atoms with Gasteiger partial charge in [-0.05, 0) is 49.6 Å². The molecule has 1 amide bonds. The highest BCUT2D eigenvalue weighted by atomic mass is 79.9. The lowest BCUT2D eigenvalue weighted by molar-refractivity contribution is -0.132. The van der Waals surface area contributed by atoms with E-state index in [0.717, 1.165) is 10.0 Å². The van der Waals surface area contributed by atoms with Crippen LogP contribution >= 0.6 is 15.9 Å². The molecule has 144 valence electrons. The molecule has 3 rings (SSSR count). The van der Waals surface area contributed by atoms with Crippen molar-refractivity contribution in [1.29, 1.82) is 0 Å². The molecule has 1 aliphatic rings. The lowest BCUT2D eigenvalue weighted by Crippen LogP contribution is -2.51. The third-order valence-electron chi connectivity index (χ3n) is 4.96. The van der Waals surface area contributed by atoms with Crippen LogP contribution in [-0.2, 0) is 21.4 Å². The minimum absolute atomic E-state index is 0.109. The van der Waals surface area contributed by atoms with Crippen LogP contribution < -0.4 is 5.32 Å². The van der Waals surface area contributed by atoms with Crippen LogP contribution in [0.1, 0.15) is 25.3 Å². The van der Waals surface area contributed by atoms with Gasteiger partial charge in [0.1, 0.15) is 0 Å². The molecule has 1 heterocycles. The molecule has 5 nitrogen and oxygen atoms in total. The predicted molar refractivity (Wildman–Crippen MR) is 109 cm³/mol. The van der Waals surface area contributed by atoms with Crippen LogP contribution in [0.5, 0.6) is 0 Å². The van der Waals surface area contributed by atoms with E-state index in [-0.39, 0.29) is 17.3 Å². The van der Waals surface area contributed by atoms with Crippen molar-refractivity contribution in [3.8, 4) is 0 Å². The number of nitrogens with zero attached hydrogens (tertiary/aromatic N) is 1. The number of halogens is 1. The van der Waals surface area contributed by atoms with Gasteiger partial charge in [0.2, 0.25) is 15.9 Å². The molecule has 0 unspecified atom stereocenters. The number of nitrogens with one attached hydrogen (secondary N) is 1. The fraction of sp³-hybridized carbons (Fsp3) is 0.350. The Labute approximate surface area is 169 Å². The number of carbonyl (C=O) groups is 1. The number of amides is 1. The van der Waals surface area contributed by atoms with Crippen LogP contribution in [0.25, 0.3) is 0 Å². The van der Waals surface area contributed by atoms with Gasteiger partial charge in [0.25, 0.3) is 0 Å². The van der Waals surface area contributed by atoms with E-state index in [1.54, 1.807) is 24.3 Å². The highest BCUT2D eigenvalue weighted by molar-refractivity contribution is 9.10. The first-order chi connectivity index (χ1) is 12.8. The lowest BCUT2D eigenvalue weighted by Gasteiger charge is -2.38. The number of benzene rings is 2. The maximum absolute atomic E-state index is 13.0. The molecule has 0 saturated carbocycles. The zero-order valence-electron chi connectivity index (χ0n) is 15.2. The van der Waals surface area contributed by atoms with Crippen molar-refractivity contribution in [2.24, 2.45) is 5.41 Å². The number of hydrogen-bond donors (Lipinski definition) is 1. The van der Waals surface area contributed by atoms with E-state index >= 15 is 0 Å². The predicted octanol–water partition coefficient (Wildman–Crippen LogP) is 3.56. The third kappa shape index (κ3) is 4.59. The van der Waals surface area contributed by atoms with Gasteiger partial charge < -0.3 is 5.32 Å². The van der Waals surface area contributed by atoms with Gasteiger partial charge in [-0.2, -0.15) is 4.31 Å². The smallest absolute Gasteiger partial charge is 0.243 e. The van der Waals surface area contributed by atoms with Crippen LogP contribution in [-0.4, -0.2) is 31.7 Å². The van der Waals surface area contributed by atoms with E-state index in [1.165, 1.54) is 4.31 Å². The second-order valence-electron chi connectivity index (χ2n) is 7.13. The van der Waals surface area contributed by atoms with E-state index < -0.39 is 15.4 Å². The Balaban J connectivity index is 1.72. The topological polar surface area (TPSA) is 66.5 Å². The van der Waals surface area contributed by atoms with Crippen molar-refractivity contribution in [2.75, 3.05) is 13.1 Å². The standard InChI is InChI=1S/C20H23BrN2O3S/c1-20(19(24)22-14-16-6-3-2-4-7-16)12-5-13-23(15-20)27(25,26)18-10-8-17(21)9-11-18/h2-4,6-11H,5,12-15H2,1H3,(H,22,24)/t20-/m1/s1. The van der Waals surface area contributed by atoms with Crippen molar-refractivity contribution < 1.29 is 13.2 Å². The van der Waals surface area contributed by atoms with Gasteiger partial charge in [0.05, 0.1) is 10.3 Å². The summed E-state index contributed by atoms with van der Waals surface area (Å²) < 4.78 is 28.2. The minimum Gasteiger partial charge on any atom is -0.352 e. The van der Waals surface area contributed by atoms with Crippen molar-refractivity contribution >= 4 is 31.9 Å². The molecule has 1 aliphatic heterocycles. The SMILES string of the molecule is C[C@@]1(C(=O)NCc2ccccc2)CCCN(S(=O)(=O)c2ccc(Br)cc2)C1. The molecular weight excluding hydrogens is 428 g/mol.